The largest absolute Gasteiger partial charge is 0.465 e. The van der Waals surface area contributed by atoms with Crippen molar-refractivity contribution < 1.29 is 19.0 Å². The molecule has 0 radical (unpaired) electrons. The molecule has 1 aliphatic rings. The number of carbonyl (C=O) groups is 1. The highest BCUT2D eigenvalue weighted by Gasteiger charge is 2.38. The molecule has 1 saturated heterocycles. The maximum absolute atomic E-state index is 11.7. The molecule has 1 aromatic heterocycles. The number of nitrogens with zero attached hydrogens (tertiary/aromatic N) is 2. The minimum absolute atomic E-state index is 0.113. The highest BCUT2D eigenvalue weighted by atomic mass is 16.5. The number of hydrogen-bond donors (Lipinski definition) is 1. The second-order valence-electron chi connectivity index (χ2n) is 4.70. The summed E-state index contributed by atoms with van der Waals surface area (Å²) in [5, 5.41) is 0. The van der Waals surface area contributed by atoms with Crippen molar-refractivity contribution >= 4 is 11.8 Å². The first-order chi connectivity index (χ1) is 9.54. The summed E-state index contributed by atoms with van der Waals surface area (Å²) in [6, 6.07) is 0. The van der Waals surface area contributed by atoms with Crippen LogP contribution in [0.1, 0.15) is 34.7 Å². The zero-order valence-corrected chi connectivity index (χ0v) is 11.9. The molecule has 110 valence electrons. The summed E-state index contributed by atoms with van der Waals surface area (Å²) in [6.07, 6.45) is 1.31. The van der Waals surface area contributed by atoms with E-state index in [-0.39, 0.29) is 11.4 Å². The summed E-state index contributed by atoms with van der Waals surface area (Å²) < 4.78 is 15.7. The van der Waals surface area contributed by atoms with Crippen molar-refractivity contribution in [2.75, 3.05) is 33.2 Å². The number of nitrogen functional groups attached to an aromatic ring is 1. The Balaban J connectivity index is 2.45. The van der Waals surface area contributed by atoms with Gasteiger partial charge in [0, 0.05) is 33.2 Å². The molecule has 0 aromatic carbocycles. The van der Waals surface area contributed by atoms with Crippen molar-refractivity contribution in [1.82, 2.24) is 9.97 Å². The fourth-order valence-electron chi connectivity index (χ4n) is 2.37. The lowest BCUT2D eigenvalue weighted by atomic mass is 9.92. The van der Waals surface area contributed by atoms with Gasteiger partial charge in [0.15, 0.2) is 5.82 Å². The monoisotopic (exact) mass is 281 g/mol. The summed E-state index contributed by atoms with van der Waals surface area (Å²) in [4.78, 5) is 20.3. The number of anilines is 1. The Kier molecular flexibility index (Phi) is 4.20. The molecule has 7 nitrogen and oxygen atoms in total. The lowest BCUT2D eigenvalue weighted by Gasteiger charge is -2.34. The van der Waals surface area contributed by atoms with Crippen LogP contribution >= 0.6 is 0 Å². The summed E-state index contributed by atoms with van der Waals surface area (Å²) >= 11 is 0. The van der Waals surface area contributed by atoms with E-state index in [1.807, 2.05) is 0 Å². The standard InChI is InChI=1S/C13H19N3O4/c1-8-9(11(17)18-2)10(14)16-12(15-8)13(19-3)4-6-20-7-5-13/h4-7H2,1-3H3,(H2,14,15,16). The Labute approximate surface area is 117 Å². The summed E-state index contributed by atoms with van der Waals surface area (Å²) in [5.74, 6) is 0.0678. The fourth-order valence-corrected chi connectivity index (χ4v) is 2.37. The molecule has 2 heterocycles. The molecule has 7 heteroatoms. The highest BCUT2D eigenvalue weighted by molar-refractivity contribution is 5.95. The van der Waals surface area contributed by atoms with Gasteiger partial charge in [0.2, 0.25) is 0 Å². The first-order valence-electron chi connectivity index (χ1n) is 6.40. The normalized spacial score (nSPS) is 17.8. The van der Waals surface area contributed by atoms with E-state index in [4.69, 9.17) is 15.2 Å². The molecule has 0 atom stereocenters. The Morgan fingerprint density at radius 3 is 2.45 bits per heavy atom. The van der Waals surface area contributed by atoms with Crippen LogP contribution in [0.4, 0.5) is 5.82 Å². The van der Waals surface area contributed by atoms with Crippen LogP contribution in [0.15, 0.2) is 0 Å². The van der Waals surface area contributed by atoms with Crippen molar-refractivity contribution in [1.29, 1.82) is 0 Å². The summed E-state index contributed by atoms with van der Waals surface area (Å²) in [5.41, 5.74) is 5.97. The minimum Gasteiger partial charge on any atom is -0.465 e. The molecule has 0 aliphatic carbocycles. The van der Waals surface area contributed by atoms with E-state index in [0.717, 1.165) is 0 Å². The molecule has 0 spiro atoms. The molecule has 2 N–H and O–H groups in total. The maximum Gasteiger partial charge on any atom is 0.343 e. The van der Waals surface area contributed by atoms with Gasteiger partial charge in [0.25, 0.3) is 0 Å². The SMILES string of the molecule is COC(=O)c1c(C)nc(C2(OC)CCOCC2)nc1N. The molecular formula is C13H19N3O4. The van der Waals surface area contributed by atoms with Crippen LogP contribution in [-0.2, 0) is 19.8 Å². The Bertz CT molecular complexity index is 489. The first kappa shape index (κ1) is 14.7. The predicted molar refractivity (Wildman–Crippen MR) is 71.3 cm³/mol. The van der Waals surface area contributed by atoms with Gasteiger partial charge in [0.1, 0.15) is 17.0 Å². The van der Waals surface area contributed by atoms with Gasteiger partial charge >= 0.3 is 5.97 Å². The number of nitrogens with two attached hydrogens (primary N) is 1. The van der Waals surface area contributed by atoms with Gasteiger partial charge in [-0.05, 0) is 6.92 Å². The van der Waals surface area contributed by atoms with Crippen LogP contribution in [-0.4, -0.2) is 43.4 Å². The molecule has 0 bridgehead atoms. The molecule has 0 saturated carbocycles. The number of aryl methyl sites for hydroxylation is 1. The van der Waals surface area contributed by atoms with Crippen LogP contribution in [0.3, 0.4) is 0 Å². The quantitative estimate of drug-likeness (QED) is 0.819. The number of esters is 1. The van der Waals surface area contributed by atoms with E-state index in [1.165, 1.54) is 7.11 Å². The number of rotatable bonds is 3. The first-order valence-corrected chi connectivity index (χ1v) is 6.40. The highest BCUT2D eigenvalue weighted by Crippen LogP contribution is 2.34. The van der Waals surface area contributed by atoms with E-state index < -0.39 is 11.6 Å². The zero-order valence-electron chi connectivity index (χ0n) is 11.9. The zero-order chi connectivity index (χ0) is 14.8. The van der Waals surface area contributed by atoms with Crippen LogP contribution in [0.5, 0.6) is 0 Å². The molecule has 1 fully saturated rings. The van der Waals surface area contributed by atoms with Gasteiger partial charge in [0.05, 0.1) is 12.8 Å². The number of carbonyl (C=O) groups excluding carboxylic acids is 1. The van der Waals surface area contributed by atoms with Crippen LogP contribution in [0.25, 0.3) is 0 Å². The van der Waals surface area contributed by atoms with Gasteiger partial charge in [-0.3, -0.25) is 0 Å². The van der Waals surface area contributed by atoms with Gasteiger partial charge in [-0.15, -0.1) is 0 Å². The van der Waals surface area contributed by atoms with Crippen molar-refractivity contribution in [2.24, 2.45) is 0 Å². The fraction of sp³-hybridized carbons (Fsp3) is 0.615. The average Bonchev–Trinajstić information content (AvgIpc) is 2.46. The molecule has 2 rings (SSSR count). The minimum atomic E-state index is -0.605. The third-order valence-corrected chi connectivity index (χ3v) is 3.61. The van der Waals surface area contributed by atoms with E-state index in [2.05, 4.69) is 14.7 Å². The second kappa shape index (κ2) is 5.72. The van der Waals surface area contributed by atoms with Crippen LogP contribution < -0.4 is 5.73 Å². The number of methoxy groups -OCH3 is 2. The van der Waals surface area contributed by atoms with Crippen molar-refractivity contribution in [3.8, 4) is 0 Å². The lowest BCUT2D eigenvalue weighted by Crippen LogP contribution is -2.38. The van der Waals surface area contributed by atoms with Gasteiger partial charge in [-0.1, -0.05) is 0 Å². The predicted octanol–water partition coefficient (Wildman–Crippen LogP) is 0.806. The number of ether oxygens (including phenoxy) is 3. The van der Waals surface area contributed by atoms with Crippen molar-refractivity contribution in [3.05, 3.63) is 17.1 Å². The van der Waals surface area contributed by atoms with Crippen LogP contribution in [0, 0.1) is 6.92 Å². The molecule has 0 amide bonds. The van der Waals surface area contributed by atoms with Crippen LogP contribution in [0.2, 0.25) is 0 Å². The number of aromatic nitrogens is 2. The molecular weight excluding hydrogens is 262 g/mol. The van der Waals surface area contributed by atoms with Gasteiger partial charge in [-0.2, -0.15) is 0 Å². The Morgan fingerprint density at radius 2 is 1.95 bits per heavy atom. The molecule has 0 unspecified atom stereocenters. The Hall–Kier alpha value is -1.73. The van der Waals surface area contributed by atoms with Crippen molar-refractivity contribution in [2.45, 2.75) is 25.4 Å². The molecule has 1 aliphatic heterocycles. The summed E-state index contributed by atoms with van der Waals surface area (Å²) in [7, 11) is 2.92. The average molecular weight is 281 g/mol. The smallest absolute Gasteiger partial charge is 0.343 e. The van der Waals surface area contributed by atoms with Gasteiger partial charge in [-0.25, -0.2) is 14.8 Å². The lowest BCUT2D eigenvalue weighted by molar-refractivity contribution is -0.1000. The van der Waals surface area contributed by atoms with E-state index in [0.29, 0.717) is 37.6 Å². The third-order valence-electron chi connectivity index (χ3n) is 3.61. The van der Waals surface area contributed by atoms with E-state index in [9.17, 15) is 4.79 Å². The van der Waals surface area contributed by atoms with E-state index >= 15 is 0 Å². The molecule has 20 heavy (non-hydrogen) atoms. The Morgan fingerprint density at radius 1 is 1.30 bits per heavy atom. The second-order valence-corrected chi connectivity index (χ2v) is 4.70. The van der Waals surface area contributed by atoms with Crippen molar-refractivity contribution in [3.63, 3.8) is 0 Å². The maximum atomic E-state index is 11.7. The third kappa shape index (κ3) is 2.46. The number of hydrogen-bond acceptors (Lipinski definition) is 7. The summed E-state index contributed by atoms with van der Waals surface area (Å²) in [6.45, 7) is 2.86. The van der Waals surface area contributed by atoms with Gasteiger partial charge < -0.3 is 19.9 Å². The van der Waals surface area contributed by atoms with E-state index in [1.54, 1.807) is 14.0 Å². The molecule has 1 aromatic rings. The topological polar surface area (TPSA) is 96.6 Å².